The Kier molecular flexibility index (Phi) is 4.81. The third-order valence-corrected chi connectivity index (χ3v) is 6.27. The quantitative estimate of drug-likeness (QED) is 0.625. The van der Waals surface area contributed by atoms with Gasteiger partial charge in [0.2, 0.25) is 5.91 Å². The Hall–Kier alpha value is -3.47. The molecule has 0 radical (unpaired) electrons. The highest BCUT2D eigenvalue weighted by Gasteiger charge is 2.46. The molecule has 31 heavy (non-hydrogen) atoms. The van der Waals surface area contributed by atoms with Crippen LogP contribution in [0.4, 0.5) is 0 Å². The number of amides is 1. The normalized spacial score (nSPS) is 20.9. The Morgan fingerprint density at radius 2 is 2.00 bits per heavy atom. The number of hydrogen-bond acceptors (Lipinski definition) is 9. The molecule has 160 valence electrons. The minimum atomic E-state index is -0.483. The summed E-state index contributed by atoms with van der Waals surface area (Å²) in [6.45, 7) is 4.37. The zero-order valence-electron chi connectivity index (χ0n) is 17.1. The number of piperidine rings is 1. The van der Waals surface area contributed by atoms with Crippen molar-refractivity contribution >= 4 is 11.9 Å². The summed E-state index contributed by atoms with van der Waals surface area (Å²) in [6, 6.07) is 0. The predicted octanol–water partition coefficient (Wildman–Crippen LogP) is 0.264. The molecule has 2 aromatic rings. The van der Waals surface area contributed by atoms with Crippen LogP contribution < -0.4 is 0 Å². The van der Waals surface area contributed by atoms with Crippen molar-refractivity contribution in [1.82, 2.24) is 40.0 Å². The van der Waals surface area contributed by atoms with Gasteiger partial charge in [-0.15, -0.1) is 5.10 Å². The van der Waals surface area contributed by atoms with Crippen molar-refractivity contribution in [1.29, 1.82) is 0 Å². The van der Waals surface area contributed by atoms with E-state index in [1.807, 2.05) is 6.08 Å². The minimum Gasteiger partial charge on any atom is -0.456 e. The average molecular weight is 422 g/mol. The van der Waals surface area contributed by atoms with E-state index in [4.69, 9.17) is 4.74 Å². The van der Waals surface area contributed by atoms with Crippen LogP contribution in [-0.4, -0.2) is 78.1 Å². The first-order valence-electron chi connectivity index (χ1n) is 10.2. The second-order valence-corrected chi connectivity index (χ2v) is 8.01. The van der Waals surface area contributed by atoms with Crippen LogP contribution in [0.2, 0.25) is 0 Å². The molecule has 5 rings (SSSR count). The Morgan fingerprint density at radius 1 is 1.16 bits per heavy atom. The molecule has 1 fully saturated rings. The Balaban J connectivity index is 1.15. The molecule has 1 saturated heterocycles. The Morgan fingerprint density at radius 3 is 2.65 bits per heavy atom. The third kappa shape index (κ3) is 3.50. The first kappa shape index (κ1) is 19.5. The monoisotopic (exact) mass is 422 g/mol. The first-order valence-corrected chi connectivity index (χ1v) is 10.2. The molecule has 11 nitrogen and oxygen atoms in total. The highest BCUT2D eigenvalue weighted by atomic mass is 16.5. The largest absolute Gasteiger partial charge is 0.456 e. The van der Waals surface area contributed by atoms with Gasteiger partial charge >= 0.3 is 5.97 Å². The highest BCUT2D eigenvalue weighted by molar-refractivity contribution is 5.95. The van der Waals surface area contributed by atoms with Gasteiger partial charge in [0.15, 0.2) is 5.82 Å². The third-order valence-electron chi connectivity index (χ3n) is 6.27. The number of rotatable bonds is 5. The van der Waals surface area contributed by atoms with Gasteiger partial charge in [-0.05, 0) is 43.3 Å². The molecule has 0 bridgehead atoms. The molecular weight excluding hydrogens is 400 g/mol. The lowest BCUT2D eigenvalue weighted by atomic mass is 9.78. The molecular formula is C20H22N8O3. The van der Waals surface area contributed by atoms with Crippen LogP contribution in [0.15, 0.2) is 42.3 Å². The van der Waals surface area contributed by atoms with Crippen LogP contribution in [0, 0.1) is 5.41 Å². The number of esters is 1. The number of aromatic nitrogens is 6. The predicted molar refractivity (Wildman–Crippen MR) is 106 cm³/mol. The maximum atomic E-state index is 13.1. The summed E-state index contributed by atoms with van der Waals surface area (Å²) in [7, 11) is 0. The lowest BCUT2D eigenvalue weighted by Gasteiger charge is -2.37. The van der Waals surface area contributed by atoms with E-state index >= 15 is 0 Å². The molecule has 0 atom stereocenters. The van der Waals surface area contributed by atoms with E-state index in [1.54, 1.807) is 30.4 Å². The van der Waals surface area contributed by atoms with Crippen molar-refractivity contribution in [2.75, 3.05) is 26.2 Å². The molecule has 3 aliphatic heterocycles. The maximum absolute atomic E-state index is 13.1. The van der Waals surface area contributed by atoms with Gasteiger partial charge in [-0.25, -0.2) is 9.78 Å². The van der Waals surface area contributed by atoms with E-state index in [9.17, 15) is 9.59 Å². The minimum absolute atomic E-state index is 0.0452. The number of ether oxygens (including phenoxy) is 1. The summed E-state index contributed by atoms with van der Waals surface area (Å²) in [5.74, 6) is 0.273. The topological polar surface area (TPSA) is 119 Å². The fourth-order valence-electron chi connectivity index (χ4n) is 4.22. The average Bonchev–Trinajstić information content (AvgIpc) is 3.51. The molecule has 0 unspecified atom stereocenters. The summed E-state index contributed by atoms with van der Waals surface area (Å²) in [5.41, 5.74) is 1.59. The first-order chi connectivity index (χ1) is 15.1. The van der Waals surface area contributed by atoms with Crippen LogP contribution in [-0.2, 0) is 20.7 Å². The van der Waals surface area contributed by atoms with Gasteiger partial charge in [0.25, 0.3) is 0 Å². The summed E-state index contributed by atoms with van der Waals surface area (Å²) in [6.07, 6.45) is 11.0. The molecule has 3 aliphatic rings. The number of tetrazole rings is 1. The zero-order chi connectivity index (χ0) is 21.4. The van der Waals surface area contributed by atoms with Gasteiger partial charge in [0.05, 0.1) is 34.8 Å². The molecule has 1 spiro atoms. The van der Waals surface area contributed by atoms with Crippen LogP contribution >= 0.6 is 0 Å². The highest BCUT2D eigenvalue weighted by Crippen LogP contribution is 2.41. The van der Waals surface area contributed by atoms with Crippen molar-refractivity contribution < 1.29 is 14.3 Å². The Labute approximate surface area is 178 Å². The molecule has 5 heterocycles. The van der Waals surface area contributed by atoms with E-state index < -0.39 is 5.41 Å². The summed E-state index contributed by atoms with van der Waals surface area (Å²) < 4.78 is 6.52. The number of cyclic esters (lactones) is 1. The SMILES string of the molecule is CC1=C(N2C=CC3(CCN(CCc4cnc(-n5cnnn5)cn4)CC3)C2=O)COC1=O. The number of likely N-dealkylation sites (tertiary alicyclic amines) is 1. The van der Waals surface area contributed by atoms with E-state index in [-0.39, 0.29) is 18.5 Å². The standard InChI is InChI=1S/C20H22N8O3/c1-14-16(12-31-18(14)29)27-9-5-20(19(27)30)3-7-26(8-4-20)6-2-15-10-22-17(11-21-15)28-13-23-24-25-28/h5,9-11,13H,2-4,6-8,12H2,1H3. The lowest BCUT2D eigenvalue weighted by Crippen LogP contribution is -2.45. The van der Waals surface area contributed by atoms with E-state index in [0.717, 1.165) is 44.6 Å². The van der Waals surface area contributed by atoms with Crippen molar-refractivity contribution in [2.45, 2.75) is 26.2 Å². The molecule has 11 heteroatoms. The van der Waals surface area contributed by atoms with Crippen LogP contribution in [0.25, 0.3) is 5.82 Å². The summed E-state index contributed by atoms with van der Waals surface area (Å²) in [5, 5.41) is 11.0. The number of hydrogen-bond donors (Lipinski definition) is 0. The fourth-order valence-corrected chi connectivity index (χ4v) is 4.22. The summed E-state index contributed by atoms with van der Waals surface area (Å²) in [4.78, 5) is 37.6. The van der Waals surface area contributed by atoms with Gasteiger partial charge < -0.3 is 9.64 Å². The van der Waals surface area contributed by atoms with Crippen molar-refractivity contribution in [2.24, 2.45) is 5.41 Å². The summed E-state index contributed by atoms with van der Waals surface area (Å²) >= 11 is 0. The number of nitrogens with zero attached hydrogens (tertiary/aromatic N) is 8. The molecule has 0 aromatic carbocycles. The number of carbonyl (C=O) groups excluding carboxylic acids is 2. The van der Waals surface area contributed by atoms with Gasteiger partial charge in [-0.3, -0.25) is 14.7 Å². The molecule has 2 aromatic heterocycles. The molecule has 0 saturated carbocycles. The molecule has 0 aliphatic carbocycles. The molecule has 1 amide bonds. The molecule has 0 N–H and O–H groups in total. The van der Waals surface area contributed by atoms with Gasteiger partial charge in [0, 0.05) is 19.2 Å². The van der Waals surface area contributed by atoms with Gasteiger partial charge in [-0.2, -0.15) is 4.68 Å². The van der Waals surface area contributed by atoms with Gasteiger partial charge in [-0.1, -0.05) is 6.08 Å². The van der Waals surface area contributed by atoms with E-state index in [0.29, 0.717) is 17.1 Å². The van der Waals surface area contributed by atoms with E-state index in [2.05, 4.69) is 30.4 Å². The van der Waals surface area contributed by atoms with Crippen LogP contribution in [0.1, 0.15) is 25.5 Å². The number of carbonyl (C=O) groups is 2. The van der Waals surface area contributed by atoms with Crippen molar-refractivity contribution in [3.8, 4) is 5.82 Å². The smallest absolute Gasteiger partial charge is 0.336 e. The van der Waals surface area contributed by atoms with Crippen molar-refractivity contribution in [3.05, 3.63) is 48.0 Å². The maximum Gasteiger partial charge on any atom is 0.336 e. The van der Waals surface area contributed by atoms with Gasteiger partial charge in [0.1, 0.15) is 12.9 Å². The van der Waals surface area contributed by atoms with Crippen LogP contribution in [0.5, 0.6) is 0 Å². The van der Waals surface area contributed by atoms with Crippen molar-refractivity contribution in [3.63, 3.8) is 0 Å². The second kappa shape index (κ2) is 7.65. The van der Waals surface area contributed by atoms with E-state index in [1.165, 1.54) is 11.0 Å². The Bertz CT molecular complexity index is 1050. The fraction of sp³-hybridized carbons (Fsp3) is 0.450. The zero-order valence-corrected chi connectivity index (χ0v) is 17.1. The lowest BCUT2D eigenvalue weighted by molar-refractivity contribution is -0.138. The second-order valence-electron chi connectivity index (χ2n) is 8.01. The van der Waals surface area contributed by atoms with Crippen LogP contribution in [0.3, 0.4) is 0 Å².